The fourth-order valence-electron chi connectivity index (χ4n) is 10.6. The van der Waals surface area contributed by atoms with Gasteiger partial charge in [-0.3, -0.25) is 0 Å². The molecule has 0 bridgehead atoms. The van der Waals surface area contributed by atoms with Gasteiger partial charge in [0.15, 0.2) is 5.75 Å². The molecule has 3 heteroatoms. The van der Waals surface area contributed by atoms with Gasteiger partial charge < -0.3 is 14.1 Å². The molecule has 0 spiro atoms. The van der Waals surface area contributed by atoms with E-state index in [4.69, 9.17) is 9.15 Å². The van der Waals surface area contributed by atoms with Crippen molar-refractivity contribution in [3.05, 3.63) is 223 Å². The van der Waals surface area contributed by atoms with Crippen LogP contribution in [0.15, 0.2) is 217 Å². The fraction of sp³-hybridized carbons (Fsp3) is 0.0492. The molecule has 3 nitrogen and oxygen atoms in total. The third-order valence-corrected chi connectivity index (χ3v) is 13.7. The molecule has 0 fully saturated rings. The standard InChI is InChI=1S/C61H41NO2/c1-61(2)53-26-10-8-19-46(53)47-34-33-43(37-54(47)61)62(42-31-29-39(30-32-42)45-22-13-24-50-48-20-9-11-28-56(48)63-59(45)50)55-27-14-25-51-49-23-12-21-44(38-15-4-3-5-16-38)58(49)52-35-40-17-6-7-18-41(40)36-57(52)64-60(51)55/h3-37H,1-2H3. The third kappa shape index (κ3) is 5.47. The van der Waals surface area contributed by atoms with E-state index in [2.05, 4.69) is 219 Å². The average molecular weight is 820 g/mol. The van der Waals surface area contributed by atoms with Crippen LogP contribution >= 0.6 is 0 Å². The van der Waals surface area contributed by atoms with Crippen LogP contribution in [0.1, 0.15) is 25.0 Å². The maximum absolute atomic E-state index is 7.44. The van der Waals surface area contributed by atoms with Crippen LogP contribution in [0.4, 0.5) is 17.1 Å². The molecule has 1 aliphatic heterocycles. The molecule has 0 atom stereocenters. The van der Waals surface area contributed by atoms with Crippen LogP contribution in [0, 0.1) is 0 Å². The topological polar surface area (TPSA) is 25.6 Å². The number of nitrogens with zero attached hydrogens (tertiary/aromatic N) is 1. The molecule has 302 valence electrons. The SMILES string of the molecule is CC1(C)c2ccccc2-c2ccc(N(c3ccc(-c4cccc5c4oc4ccccc45)cc3)c3cccc4c3Oc3cc5ccccc5cc3-c3c(-c5ccccc5)cccc3-4)cc21. The van der Waals surface area contributed by atoms with Crippen molar-refractivity contribution in [2.75, 3.05) is 4.90 Å². The van der Waals surface area contributed by atoms with Crippen LogP contribution in [0.5, 0.6) is 11.5 Å². The maximum Gasteiger partial charge on any atom is 0.159 e. The first-order valence-electron chi connectivity index (χ1n) is 22.1. The Kier molecular flexibility index (Phi) is 7.95. The van der Waals surface area contributed by atoms with Crippen molar-refractivity contribution in [2.45, 2.75) is 19.3 Å². The van der Waals surface area contributed by atoms with E-state index in [1.807, 2.05) is 12.1 Å². The lowest BCUT2D eigenvalue weighted by Crippen LogP contribution is -2.17. The number of hydrogen-bond donors (Lipinski definition) is 0. The number of anilines is 3. The van der Waals surface area contributed by atoms with Gasteiger partial charge in [-0.05, 0) is 104 Å². The van der Waals surface area contributed by atoms with Crippen LogP contribution in [0.25, 0.3) is 88.3 Å². The average Bonchev–Trinajstić information content (AvgIpc) is 3.78. The Morgan fingerprint density at radius 1 is 0.406 bits per heavy atom. The van der Waals surface area contributed by atoms with Crippen LogP contribution < -0.4 is 9.64 Å². The van der Waals surface area contributed by atoms with Crippen molar-refractivity contribution >= 4 is 49.8 Å². The number of benzene rings is 10. The van der Waals surface area contributed by atoms with E-state index in [-0.39, 0.29) is 5.41 Å². The first kappa shape index (κ1) is 36.5. The highest BCUT2D eigenvalue weighted by atomic mass is 16.5. The summed E-state index contributed by atoms with van der Waals surface area (Å²) in [5.41, 5.74) is 18.8. The molecule has 64 heavy (non-hydrogen) atoms. The van der Waals surface area contributed by atoms with Gasteiger partial charge in [-0.25, -0.2) is 0 Å². The van der Waals surface area contributed by atoms with Crippen molar-refractivity contribution in [3.8, 4) is 67.1 Å². The lowest BCUT2D eigenvalue weighted by atomic mass is 9.82. The number of rotatable bonds is 5. The predicted octanol–water partition coefficient (Wildman–Crippen LogP) is 17.3. The maximum atomic E-state index is 7.44. The Bertz CT molecular complexity index is 3670. The smallest absolute Gasteiger partial charge is 0.159 e. The highest BCUT2D eigenvalue weighted by Gasteiger charge is 2.36. The molecule has 11 aromatic rings. The van der Waals surface area contributed by atoms with Crippen LogP contribution in [-0.2, 0) is 5.41 Å². The zero-order valence-electron chi connectivity index (χ0n) is 35.5. The second-order valence-electron chi connectivity index (χ2n) is 17.6. The van der Waals surface area contributed by atoms with Gasteiger partial charge in [-0.2, -0.15) is 0 Å². The Balaban J connectivity index is 1.04. The number of furan rings is 1. The third-order valence-electron chi connectivity index (χ3n) is 13.7. The number of para-hydroxylation sites is 3. The summed E-state index contributed by atoms with van der Waals surface area (Å²) in [5.74, 6) is 1.64. The summed E-state index contributed by atoms with van der Waals surface area (Å²) in [6.45, 7) is 4.69. The van der Waals surface area contributed by atoms with Crippen molar-refractivity contribution in [1.82, 2.24) is 0 Å². The summed E-state index contributed by atoms with van der Waals surface area (Å²) < 4.78 is 14.0. The molecule has 1 aromatic heterocycles. The summed E-state index contributed by atoms with van der Waals surface area (Å²) in [4.78, 5) is 2.39. The van der Waals surface area contributed by atoms with Gasteiger partial charge in [0.2, 0.25) is 0 Å². The van der Waals surface area contributed by atoms with Gasteiger partial charge in [-0.1, -0.05) is 178 Å². The summed E-state index contributed by atoms with van der Waals surface area (Å²) in [7, 11) is 0. The molecule has 0 radical (unpaired) electrons. The first-order chi connectivity index (χ1) is 31.5. The van der Waals surface area contributed by atoms with Gasteiger partial charge >= 0.3 is 0 Å². The van der Waals surface area contributed by atoms with E-state index in [0.717, 1.165) is 89.3 Å². The summed E-state index contributed by atoms with van der Waals surface area (Å²) in [6, 6.07) is 76.6. The normalized spacial score (nSPS) is 13.1. The molecular weight excluding hydrogens is 779 g/mol. The van der Waals surface area contributed by atoms with E-state index in [1.54, 1.807) is 0 Å². The van der Waals surface area contributed by atoms with Crippen molar-refractivity contribution in [1.29, 1.82) is 0 Å². The highest BCUT2D eigenvalue weighted by molar-refractivity contribution is 6.10. The fourth-order valence-corrected chi connectivity index (χ4v) is 10.6. The zero-order chi connectivity index (χ0) is 42.5. The molecule has 1 aliphatic carbocycles. The van der Waals surface area contributed by atoms with Crippen molar-refractivity contribution in [2.24, 2.45) is 0 Å². The summed E-state index contributed by atoms with van der Waals surface area (Å²) in [6.07, 6.45) is 0. The molecule has 0 saturated heterocycles. The molecule has 0 amide bonds. The molecule has 0 saturated carbocycles. The molecule has 2 aliphatic rings. The van der Waals surface area contributed by atoms with Gasteiger partial charge in [0.25, 0.3) is 0 Å². The monoisotopic (exact) mass is 819 g/mol. The minimum absolute atomic E-state index is 0.181. The molecule has 10 aromatic carbocycles. The summed E-state index contributed by atoms with van der Waals surface area (Å²) >= 11 is 0. The van der Waals surface area contributed by atoms with Crippen molar-refractivity contribution in [3.63, 3.8) is 0 Å². The van der Waals surface area contributed by atoms with Gasteiger partial charge in [0.05, 0.1) is 5.69 Å². The van der Waals surface area contributed by atoms with Crippen molar-refractivity contribution < 1.29 is 9.15 Å². The Morgan fingerprint density at radius 3 is 1.91 bits per heavy atom. The number of fused-ring (bicyclic) bond motifs is 12. The minimum Gasteiger partial charge on any atom is -0.455 e. The Hall–Kier alpha value is -8.14. The van der Waals surface area contributed by atoms with Gasteiger partial charge in [0.1, 0.15) is 16.9 Å². The minimum atomic E-state index is -0.181. The van der Waals surface area contributed by atoms with E-state index < -0.39 is 0 Å². The number of hydrogen-bond acceptors (Lipinski definition) is 3. The second kappa shape index (κ2) is 13.9. The molecule has 0 N–H and O–H groups in total. The Labute approximate surface area is 372 Å². The number of ether oxygens (including phenoxy) is 1. The summed E-state index contributed by atoms with van der Waals surface area (Å²) in [5, 5.41) is 4.55. The van der Waals surface area contributed by atoms with Crippen LogP contribution in [0.2, 0.25) is 0 Å². The van der Waals surface area contributed by atoms with E-state index in [0.29, 0.717) is 0 Å². The largest absolute Gasteiger partial charge is 0.455 e. The van der Waals surface area contributed by atoms with Gasteiger partial charge in [0, 0.05) is 49.8 Å². The Morgan fingerprint density at radius 2 is 1.03 bits per heavy atom. The first-order valence-corrected chi connectivity index (χ1v) is 22.1. The highest BCUT2D eigenvalue weighted by Crippen LogP contribution is 2.56. The van der Waals surface area contributed by atoms with E-state index in [9.17, 15) is 0 Å². The molecule has 13 rings (SSSR count). The predicted molar refractivity (Wildman–Crippen MR) is 265 cm³/mol. The van der Waals surface area contributed by atoms with Crippen LogP contribution in [0.3, 0.4) is 0 Å². The zero-order valence-corrected chi connectivity index (χ0v) is 35.5. The van der Waals surface area contributed by atoms with Crippen LogP contribution in [-0.4, -0.2) is 0 Å². The second-order valence-corrected chi connectivity index (χ2v) is 17.6. The van der Waals surface area contributed by atoms with Gasteiger partial charge in [-0.15, -0.1) is 0 Å². The molecule has 0 unspecified atom stereocenters. The molecule has 2 heterocycles. The quantitative estimate of drug-likeness (QED) is 0.173. The lowest BCUT2D eigenvalue weighted by Gasteiger charge is -2.30. The van der Waals surface area contributed by atoms with E-state index >= 15 is 0 Å². The lowest BCUT2D eigenvalue weighted by molar-refractivity contribution is 0.489. The van der Waals surface area contributed by atoms with E-state index in [1.165, 1.54) is 38.8 Å². The molecular formula is C61H41NO2.